The first kappa shape index (κ1) is 20.0. The minimum atomic E-state index is -0.220. The Morgan fingerprint density at radius 3 is 2.50 bits per heavy atom. The number of benzene rings is 1. The Labute approximate surface area is 165 Å². The molecule has 0 bridgehead atoms. The van der Waals surface area contributed by atoms with Gasteiger partial charge in [-0.05, 0) is 38.0 Å². The van der Waals surface area contributed by atoms with Crippen molar-refractivity contribution in [2.45, 2.75) is 25.8 Å². The van der Waals surface area contributed by atoms with E-state index in [2.05, 4.69) is 16.3 Å². The minimum absolute atomic E-state index is 0.133. The fourth-order valence-electron chi connectivity index (χ4n) is 3.79. The van der Waals surface area contributed by atoms with Crippen molar-refractivity contribution in [1.82, 2.24) is 14.7 Å². The fourth-order valence-corrected chi connectivity index (χ4v) is 3.79. The number of likely N-dealkylation sites (tertiary alicyclic amines) is 1. The highest BCUT2D eigenvalue weighted by molar-refractivity contribution is 5.89. The molecule has 3 amide bonds. The summed E-state index contributed by atoms with van der Waals surface area (Å²) in [4.78, 5) is 30.3. The van der Waals surface area contributed by atoms with Gasteiger partial charge >= 0.3 is 12.1 Å². The number of anilines is 1. The zero-order chi connectivity index (χ0) is 19.9. The largest absolute Gasteiger partial charge is 0.450 e. The maximum atomic E-state index is 12.5. The zero-order valence-corrected chi connectivity index (χ0v) is 16.3. The smallest absolute Gasteiger partial charge is 0.409 e. The number of ether oxygens (including phenoxy) is 1. The van der Waals surface area contributed by atoms with Crippen LogP contribution >= 0.6 is 0 Å². The van der Waals surface area contributed by atoms with Gasteiger partial charge in [0.25, 0.3) is 0 Å². The Morgan fingerprint density at radius 1 is 1.14 bits per heavy atom. The number of amides is 3. The highest BCUT2D eigenvalue weighted by atomic mass is 16.6. The molecule has 0 saturated carbocycles. The molecule has 0 radical (unpaired) electrons. The molecule has 0 aliphatic carbocycles. The molecule has 2 aliphatic heterocycles. The highest BCUT2D eigenvalue weighted by Crippen LogP contribution is 2.19. The van der Waals surface area contributed by atoms with Crippen molar-refractivity contribution in [2.75, 3.05) is 51.2 Å². The van der Waals surface area contributed by atoms with Crippen LogP contribution in [0.15, 0.2) is 24.3 Å². The maximum absolute atomic E-state index is 12.5. The van der Waals surface area contributed by atoms with Crippen LogP contribution in [0, 0.1) is 11.3 Å². The van der Waals surface area contributed by atoms with Crippen LogP contribution in [0.4, 0.5) is 15.3 Å². The Morgan fingerprint density at radius 2 is 1.86 bits per heavy atom. The first-order valence-corrected chi connectivity index (χ1v) is 9.82. The number of nitriles is 1. The number of rotatable bonds is 3. The summed E-state index contributed by atoms with van der Waals surface area (Å²) < 4.78 is 5.07. The van der Waals surface area contributed by atoms with Crippen LogP contribution in [0.5, 0.6) is 0 Å². The molecule has 0 spiro atoms. The van der Waals surface area contributed by atoms with Gasteiger partial charge in [0.2, 0.25) is 0 Å². The van der Waals surface area contributed by atoms with Gasteiger partial charge in [0, 0.05) is 51.0 Å². The molecule has 2 aliphatic rings. The van der Waals surface area contributed by atoms with Crippen molar-refractivity contribution < 1.29 is 14.3 Å². The normalized spacial score (nSPS) is 18.4. The van der Waals surface area contributed by atoms with E-state index in [0.29, 0.717) is 37.0 Å². The summed E-state index contributed by atoms with van der Waals surface area (Å²) in [6, 6.07) is 9.32. The SMILES string of the molecule is CCOC(=O)N1CCC(N2CCN(C(=O)Nc3cccc(C#N)c3)CC2)CC1. The van der Waals surface area contributed by atoms with Gasteiger partial charge in [-0.1, -0.05) is 6.07 Å². The number of hydrogen-bond acceptors (Lipinski definition) is 5. The molecule has 8 nitrogen and oxygen atoms in total. The van der Waals surface area contributed by atoms with Crippen LogP contribution in [0.25, 0.3) is 0 Å². The Balaban J connectivity index is 1.44. The third-order valence-corrected chi connectivity index (χ3v) is 5.35. The van der Waals surface area contributed by atoms with Crippen molar-refractivity contribution in [2.24, 2.45) is 0 Å². The number of urea groups is 1. The second kappa shape index (κ2) is 9.42. The van der Waals surface area contributed by atoms with E-state index in [4.69, 9.17) is 10.00 Å². The standard InChI is InChI=1S/C20H27N5O3/c1-2-28-20(27)25-8-6-18(7-9-25)23-10-12-24(13-11-23)19(26)22-17-5-3-4-16(14-17)15-21/h3-5,14,18H,2,6-13H2,1H3,(H,22,26). The number of nitrogens with one attached hydrogen (secondary N) is 1. The average Bonchev–Trinajstić information content (AvgIpc) is 2.74. The molecular weight excluding hydrogens is 358 g/mol. The minimum Gasteiger partial charge on any atom is -0.450 e. The van der Waals surface area contributed by atoms with Crippen molar-refractivity contribution in [1.29, 1.82) is 5.26 Å². The quantitative estimate of drug-likeness (QED) is 0.863. The first-order valence-electron chi connectivity index (χ1n) is 9.82. The Bertz CT molecular complexity index is 732. The molecule has 1 aromatic rings. The summed E-state index contributed by atoms with van der Waals surface area (Å²) in [6.07, 6.45) is 1.65. The number of piperidine rings is 1. The topological polar surface area (TPSA) is 88.9 Å². The summed E-state index contributed by atoms with van der Waals surface area (Å²) in [5, 5.41) is 11.8. The van der Waals surface area contributed by atoms with E-state index >= 15 is 0 Å². The summed E-state index contributed by atoms with van der Waals surface area (Å²) in [5.74, 6) is 0. The van der Waals surface area contributed by atoms with E-state index in [9.17, 15) is 9.59 Å². The predicted molar refractivity (Wildman–Crippen MR) is 105 cm³/mol. The predicted octanol–water partition coefficient (Wildman–Crippen LogP) is 2.33. The number of carbonyl (C=O) groups is 2. The Kier molecular flexibility index (Phi) is 6.71. The van der Waals surface area contributed by atoms with E-state index in [1.807, 2.05) is 11.8 Å². The van der Waals surface area contributed by atoms with Gasteiger partial charge in [-0.2, -0.15) is 5.26 Å². The van der Waals surface area contributed by atoms with E-state index in [-0.39, 0.29) is 12.1 Å². The van der Waals surface area contributed by atoms with Gasteiger partial charge in [-0.15, -0.1) is 0 Å². The highest BCUT2D eigenvalue weighted by Gasteiger charge is 2.30. The third-order valence-electron chi connectivity index (χ3n) is 5.35. The molecule has 3 rings (SSSR count). The monoisotopic (exact) mass is 385 g/mol. The van der Waals surface area contributed by atoms with Gasteiger partial charge in [0.05, 0.1) is 18.2 Å². The summed E-state index contributed by atoms with van der Waals surface area (Å²) in [7, 11) is 0. The van der Waals surface area contributed by atoms with E-state index in [1.165, 1.54) is 0 Å². The average molecular weight is 385 g/mol. The molecule has 28 heavy (non-hydrogen) atoms. The lowest BCUT2D eigenvalue weighted by Crippen LogP contribution is -2.55. The van der Waals surface area contributed by atoms with E-state index in [1.54, 1.807) is 29.2 Å². The summed E-state index contributed by atoms with van der Waals surface area (Å²) in [5.41, 5.74) is 1.16. The third kappa shape index (κ3) is 4.93. The second-order valence-corrected chi connectivity index (χ2v) is 7.06. The van der Waals surface area contributed by atoms with Gasteiger partial charge in [-0.25, -0.2) is 9.59 Å². The van der Waals surface area contributed by atoms with Gasteiger partial charge in [0.1, 0.15) is 0 Å². The molecule has 150 valence electrons. The first-order chi connectivity index (χ1) is 13.6. The molecule has 2 saturated heterocycles. The Hall–Kier alpha value is -2.79. The van der Waals surface area contributed by atoms with Crippen LogP contribution in [-0.2, 0) is 4.74 Å². The number of hydrogen-bond donors (Lipinski definition) is 1. The molecule has 1 N–H and O–H groups in total. The molecule has 0 atom stereocenters. The van der Waals surface area contributed by atoms with Crippen molar-refractivity contribution >= 4 is 17.8 Å². The van der Waals surface area contributed by atoms with Crippen molar-refractivity contribution in [3.8, 4) is 6.07 Å². The lowest BCUT2D eigenvalue weighted by atomic mass is 10.0. The van der Waals surface area contributed by atoms with Crippen molar-refractivity contribution in [3.63, 3.8) is 0 Å². The summed E-state index contributed by atoms with van der Waals surface area (Å²) >= 11 is 0. The molecule has 1 aromatic carbocycles. The van der Waals surface area contributed by atoms with Crippen LogP contribution < -0.4 is 5.32 Å². The molecule has 2 fully saturated rings. The van der Waals surface area contributed by atoms with E-state index in [0.717, 1.165) is 39.0 Å². The molecular formula is C20H27N5O3. The zero-order valence-electron chi connectivity index (χ0n) is 16.3. The number of piperazine rings is 1. The molecule has 0 aromatic heterocycles. The van der Waals surface area contributed by atoms with Crippen molar-refractivity contribution in [3.05, 3.63) is 29.8 Å². The van der Waals surface area contributed by atoms with Gasteiger partial charge in [-0.3, -0.25) is 4.90 Å². The molecule has 0 unspecified atom stereocenters. The van der Waals surface area contributed by atoms with Crippen LogP contribution in [0.1, 0.15) is 25.3 Å². The molecule has 8 heteroatoms. The fraction of sp³-hybridized carbons (Fsp3) is 0.550. The van der Waals surface area contributed by atoms with Crippen LogP contribution in [-0.4, -0.2) is 78.7 Å². The lowest BCUT2D eigenvalue weighted by molar-refractivity contribution is 0.0581. The lowest BCUT2D eigenvalue weighted by Gasteiger charge is -2.42. The number of carbonyl (C=O) groups excluding carboxylic acids is 2. The van der Waals surface area contributed by atoms with Gasteiger partial charge < -0.3 is 19.9 Å². The van der Waals surface area contributed by atoms with E-state index < -0.39 is 0 Å². The summed E-state index contributed by atoms with van der Waals surface area (Å²) in [6.45, 7) is 6.66. The second-order valence-electron chi connectivity index (χ2n) is 7.06. The molecule has 2 heterocycles. The van der Waals surface area contributed by atoms with Crippen LogP contribution in [0.3, 0.4) is 0 Å². The number of nitrogens with zero attached hydrogens (tertiary/aromatic N) is 4. The maximum Gasteiger partial charge on any atom is 0.409 e. The van der Waals surface area contributed by atoms with Gasteiger partial charge in [0.15, 0.2) is 0 Å². The van der Waals surface area contributed by atoms with Crippen LogP contribution in [0.2, 0.25) is 0 Å².